The molecule has 12 nitrogen and oxygen atoms in total. The monoisotopic (exact) mass is 563 g/mol. The van der Waals surface area contributed by atoms with Crippen LogP contribution in [0.3, 0.4) is 0 Å². The smallest absolute Gasteiger partial charge is 0.255 e. The number of aromatic nitrogens is 1. The van der Waals surface area contributed by atoms with Crippen LogP contribution in [-0.2, 0) is 20.7 Å². The fraction of sp³-hybridized carbons (Fsp3) is 0.379. The molecule has 2 heterocycles. The Kier molecular flexibility index (Phi) is 6.18. The topological polar surface area (TPSA) is 197 Å². The van der Waals surface area contributed by atoms with E-state index in [2.05, 4.69) is 5.16 Å². The Labute approximate surface area is 233 Å². The second-order valence-corrected chi connectivity index (χ2v) is 11.0. The Morgan fingerprint density at radius 2 is 1.85 bits per heavy atom. The van der Waals surface area contributed by atoms with Crippen molar-refractivity contribution in [1.29, 1.82) is 0 Å². The zero-order valence-electron chi connectivity index (χ0n) is 22.4. The number of ether oxygens (including phenoxy) is 1. The fourth-order valence-corrected chi connectivity index (χ4v) is 6.37. The number of rotatable bonds is 4. The Hall–Kier alpha value is -4.26. The Morgan fingerprint density at radius 3 is 2.49 bits per heavy atom. The number of nitrogens with zero attached hydrogens (tertiary/aromatic N) is 2. The molecule has 3 atom stereocenters. The van der Waals surface area contributed by atoms with E-state index < -0.39 is 52.1 Å². The van der Waals surface area contributed by atoms with Crippen LogP contribution in [0.2, 0.25) is 0 Å². The number of carbonyl (C=O) groups excluding carboxylic acids is 3. The highest BCUT2D eigenvalue weighted by molar-refractivity contribution is 6.25. The maximum atomic E-state index is 14.1. The lowest BCUT2D eigenvalue weighted by atomic mass is 9.61. The summed E-state index contributed by atoms with van der Waals surface area (Å²) in [6.45, 7) is 5.03. The van der Waals surface area contributed by atoms with Gasteiger partial charge in [0.05, 0.1) is 35.9 Å². The minimum Gasteiger partial charge on any atom is -0.508 e. The van der Waals surface area contributed by atoms with Gasteiger partial charge in [0.2, 0.25) is 5.78 Å². The number of fused-ring (bicyclic) bond motifs is 3. The first kappa shape index (κ1) is 26.9. The number of hydrogen-bond acceptors (Lipinski definition) is 11. The van der Waals surface area contributed by atoms with Crippen LogP contribution < -0.4 is 5.73 Å². The van der Waals surface area contributed by atoms with Gasteiger partial charge in [-0.1, -0.05) is 19.0 Å². The van der Waals surface area contributed by atoms with Crippen molar-refractivity contribution in [3.8, 4) is 22.8 Å². The molecule has 1 aromatic heterocycles. The summed E-state index contributed by atoms with van der Waals surface area (Å²) in [7, 11) is 0. The largest absolute Gasteiger partial charge is 0.508 e. The summed E-state index contributed by atoms with van der Waals surface area (Å²) >= 11 is 0. The third-order valence-electron chi connectivity index (χ3n) is 8.45. The Bertz CT molecular complexity index is 1670. The molecule has 1 saturated heterocycles. The van der Waals surface area contributed by atoms with Gasteiger partial charge < -0.3 is 35.4 Å². The normalized spacial score (nSPS) is 25.1. The second kappa shape index (κ2) is 9.40. The van der Waals surface area contributed by atoms with E-state index >= 15 is 0 Å². The predicted molar refractivity (Wildman–Crippen MR) is 143 cm³/mol. The van der Waals surface area contributed by atoms with Crippen molar-refractivity contribution in [1.82, 2.24) is 10.1 Å². The molecule has 1 aliphatic heterocycles. The van der Waals surface area contributed by atoms with Gasteiger partial charge in [-0.2, -0.15) is 0 Å². The molecule has 1 fully saturated rings. The first-order valence-electron chi connectivity index (χ1n) is 13.3. The van der Waals surface area contributed by atoms with Crippen molar-refractivity contribution < 1.29 is 44.1 Å². The van der Waals surface area contributed by atoms with Crippen LogP contribution in [0.1, 0.15) is 41.4 Å². The van der Waals surface area contributed by atoms with Crippen LogP contribution in [0, 0.1) is 5.92 Å². The number of aromatic hydroxyl groups is 2. The molecule has 0 saturated carbocycles. The highest BCUT2D eigenvalue weighted by Gasteiger charge is 2.62. The SMILES string of the molecule is CC(C)c1cc(-c2ccc(O)c3c(O)c4c(cc23)C[C@H]2[C@@H](N3CCOCC3)C(=O)C(C(N)=O)=C(O)[C@@]2(O)C4=O)on1. The van der Waals surface area contributed by atoms with Crippen LogP contribution in [0.5, 0.6) is 11.5 Å². The minimum absolute atomic E-state index is 0.0747. The number of Topliss-reactive ketones (excluding diaryl/α,β-unsaturated/α-hetero) is 2. The Morgan fingerprint density at radius 1 is 1.15 bits per heavy atom. The molecule has 3 aliphatic rings. The number of amides is 1. The van der Waals surface area contributed by atoms with Gasteiger partial charge in [0, 0.05) is 36.0 Å². The second-order valence-electron chi connectivity index (χ2n) is 11.0. The molecule has 0 radical (unpaired) electrons. The van der Waals surface area contributed by atoms with Gasteiger partial charge in [-0.15, -0.1) is 0 Å². The van der Waals surface area contributed by atoms with E-state index in [-0.39, 0.29) is 60.9 Å². The van der Waals surface area contributed by atoms with Crippen molar-refractivity contribution in [2.45, 2.75) is 37.8 Å². The number of carbonyl (C=O) groups is 3. The van der Waals surface area contributed by atoms with E-state index in [1.54, 1.807) is 23.1 Å². The van der Waals surface area contributed by atoms with Crippen molar-refractivity contribution in [2.24, 2.45) is 11.7 Å². The van der Waals surface area contributed by atoms with Gasteiger partial charge in [0.25, 0.3) is 5.91 Å². The van der Waals surface area contributed by atoms with Gasteiger partial charge in [-0.05, 0) is 36.1 Å². The molecule has 6 rings (SSSR count). The van der Waals surface area contributed by atoms with Crippen LogP contribution in [0.15, 0.2) is 40.1 Å². The lowest BCUT2D eigenvalue weighted by Gasteiger charge is -2.49. The van der Waals surface area contributed by atoms with Crippen molar-refractivity contribution >= 4 is 28.2 Å². The molecular formula is C29H29N3O9. The number of ketones is 2. The lowest BCUT2D eigenvalue weighted by molar-refractivity contribution is -0.136. The number of aliphatic hydroxyl groups excluding tert-OH is 1. The van der Waals surface area contributed by atoms with E-state index in [1.807, 2.05) is 13.8 Å². The average Bonchev–Trinajstić information content (AvgIpc) is 3.42. The maximum Gasteiger partial charge on any atom is 0.255 e. The molecule has 41 heavy (non-hydrogen) atoms. The zero-order valence-corrected chi connectivity index (χ0v) is 22.4. The molecule has 0 bridgehead atoms. The Balaban J connectivity index is 1.59. The third-order valence-corrected chi connectivity index (χ3v) is 8.45. The zero-order chi connectivity index (χ0) is 29.4. The number of benzene rings is 2. The van der Waals surface area contributed by atoms with Crippen LogP contribution in [0.25, 0.3) is 22.1 Å². The standard InChI is InChI=1S/C29H29N3O9/c1-12(2)17-11-19(41-31-17)14-3-4-18(33)21-15(14)9-13-10-16-23(32-5-7-40-8-6-32)25(35)22(28(30)38)27(37)29(16,39)26(36)20(13)24(21)34/h3-4,9,11-12,16,23,33-34,37,39H,5-8,10H2,1-2H3,(H2,30,38)/t16-,23+,29-/m0/s1. The van der Waals surface area contributed by atoms with E-state index in [9.17, 15) is 34.8 Å². The summed E-state index contributed by atoms with van der Waals surface area (Å²) in [4.78, 5) is 41.7. The van der Waals surface area contributed by atoms with Crippen LogP contribution >= 0.6 is 0 Å². The number of phenols is 2. The molecule has 12 heteroatoms. The van der Waals surface area contributed by atoms with E-state index in [0.29, 0.717) is 22.4 Å². The number of primary amides is 1. The minimum atomic E-state index is -2.73. The first-order valence-corrected chi connectivity index (χ1v) is 13.3. The summed E-state index contributed by atoms with van der Waals surface area (Å²) in [6.07, 6.45) is -0.131. The molecule has 0 spiro atoms. The quantitative estimate of drug-likeness (QED) is 0.290. The molecular weight excluding hydrogens is 534 g/mol. The highest BCUT2D eigenvalue weighted by Crippen LogP contribution is 2.51. The van der Waals surface area contributed by atoms with Gasteiger partial charge in [0.15, 0.2) is 17.1 Å². The van der Waals surface area contributed by atoms with Crippen molar-refractivity contribution in [3.05, 3.63) is 52.4 Å². The molecule has 1 amide bonds. The molecule has 2 aliphatic carbocycles. The lowest BCUT2D eigenvalue weighted by Crippen LogP contribution is -2.66. The van der Waals surface area contributed by atoms with E-state index in [0.717, 1.165) is 0 Å². The molecule has 214 valence electrons. The third kappa shape index (κ3) is 3.78. The van der Waals surface area contributed by atoms with Gasteiger partial charge in [-0.3, -0.25) is 19.3 Å². The summed E-state index contributed by atoms with van der Waals surface area (Å²) in [5, 5.41) is 49.5. The highest BCUT2D eigenvalue weighted by atomic mass is 16.5. The fourth-order valence-electron chi connectivity index (χ4n) is 6.37. The van der Waals surface area contributed by atoms with E-state index in [1.165, 1.54) is 6.07 Å². The molecule has 2 aromatic carbocycles. The summed E-state index contributed by atoms with van der Waals surface area (Å²) in [5.74, 6) is -6.04. The van der Waals surface area contributed by atoms with Gasteiger partial charge >= 0.3 is 0 Å². The summed E-state index contributed by atoms with van der Waals surface area (Å²) in [6, 6.07) is 5.11. The molecule has 3 aromatic rings. The van der Waals surface area contributed by atoms with Crippen LogP contribution in [-0.4, -0.2) is 85.9 Å². The number of phenolic OH excluding ortho intramolecular Hbond substituents is 2. The molecule has 0 unspecified atom stereocenters. The number of nitrogens with two attached hydrogens (primary N) is 1. The number of aliphatic hydroxyl groups is 2. The van der Waals surface area contributed by atoms with Crippen molar-refractivity contribution in [2.75, 3.05) is 26.3 Å². The van der Waals surface area contributed by atoms with Crippen molar-refractivity contribution in [3.63, 3.8) is 0 Å². The summed E-state index contributed by atoms with van der Waals surface area (Å²) < 4.78 is 11.0. The number of hydrogen-bond donors (Lipinski definition) is 5. The first-order chi connectivity index (χ1) is 19.5. The molecule has 6 N–H and O–H groups in total. The number of morpholine rings is 1. The van der Waals surface area contributed by atoms with E-state index in [4.69, 9.17) is 15.0 Å². The van der Waals surface area contributed by atoms with Gasteiger partial charge in [0.1, 0.15) is 22.8 Å². The maximum absolute atomic E-state index is 14.1. The van der Waals surface area contributed by atoms with Crippen LogP contribution in [0.4, 0.5) is 0 Å². The van der Waals surface area contributed by atoms with Gasteiger partial charge in [-0.25, -0.2) is 0 Å². The summed E-state index contributed by atoms with van der Waals surface area (Å²) in [5.41, 5.74) is 2.99. The average molecular weight is 564 g/mol. The predicted octanol–water partition coefficient (Wildman–Crippen LogP) is 1.70.